The molecule has 0 fully saturated rings. The van der Waals surface area contributed by atoms with E-state index in [9.17, 15) is 0 Å². The van der Waals surface area contributed by atoms with Crippen LogP contribution in [0.3, 0.4) is 0 Å². The van der Waals surface area contributed by atoms with Crippen LogP contribution in [0, 0.1) is 5.92 Å². The van der Waals surface area contributed by atoms with Crippen LogP contribution in [0.15, 0.2) is 16.8 Å². The van der Waals surface area contributed by atoms with Crippen LogP contribution in [0.5, 0.6) is 0 Å². The molecule has 50 valence electrons. The highest BCUT2D eigenvalue weighted by Gasteiger charge is 2.09. The third-order valence-electron chi connectivity index (χ3n) is 1.46. The average molecular weight is 144 g/mol. The first-order valence-corrected chi connectivity index (χ1v) is 3.49. The zero-order chi connectivity index (χ0) is 6.85. The molecule has 0 aromatic rings. The van der Waals surface area contributed by atoms with Gasteiger partial charge in [-0.3, -0.25) is 0 Å². The highest BCUT2D eigenvalue weighted by Crippen LogP contribution is 2.20. The molecule has 0 saturated heterocycles. The lowest BCUT2D eigenvalue weighted by Crippen LogP contribution is -1.92. The molecule has 0 aliphatic carbocycles. The van der Waals surface area contributed by atoms with E-state index >= 15 is 0 Å². The second-order valence-corrected chi connectivity index (χ2v) is 2.98. The smallest absolute Gasteiger partial charge is 0.110 e. The maximum Gasteiger partial charge on any atom is 0.110 e. The van der Waals surface area contributed by atoms with Gasteiger partial charge in [0.05, 0.1) is 0 Å². The van der Waals surface area contributed by atoms with Gasteiger partial charge in [-0.05, 0) is 11.5 Å². The Hall–Kier alpha value is -0.300. The van der Waals surface area contributed by atoms with Crippen LogP contribution in [0.4, 0.5) is 0 Å². The topological polar surface area (TPSA) is 12.4 Å². The summed E-state index contributed by atoms with van der Waals surface area (Å²) in [5.41, 5.74) is 1.33. The third-order valence-corrected chi connectivity index (χ3v) is 1.69. The second-order valence-electron chi connectivity index (χ2n) is 2.54. The molecule has 1 nitrogen and oxygen atoms in total. The molecule has 0 radical (unpaired) electrons. The number of halogens is 1. The van der Waals surface area contributed by atoms with Crippen molar-refractivity contribution in [2.45, 2.75) is 20.3 Å². The van der Waals surface area contributed by atoms with Crippen LogP contribution in [0.25, 0.3) is 0 Å². The van der Waals surface area contributed by atoms with Gasteiger partial charge in [0, 0.05) is 12.6 Å². The quantitative estimate of drug-likeness (QED) is 0.535. The molecule has 0 bridgehead atoms. The molecule has 2 heteroatoms. The average Bonchev–Trinajstić information content (AvgIpc) is 2.14. The van der Waals surface area contributed by atoms with E-state index in [-0.39, 0.29) is 0 Å². The fourth-order valence-electron chi connectivity index (χ4n) is 0.766. The molecule has 0 atom stereocenters. The molecule has 1 aliphatic heterocycles. The maximum absolute atomic E-state index is 5.65. The van der Waals surface area contributed by atoms with Gasteiger partial charge in [0.15, 0.2) is 0 Å². The standard InChI is InChI=1S/C7H10ClN/c1-5(2)6-3-7(8)9-4-6/h4-5H,3H2,1-2H3. The summed E-state index contributed by atoms with van der Waals surface area (Å²) >= 11 is 5.65. The number of hydrogen-bond acceptors (Lipinski definition) is 1. The van der Waals surface area contributed by atoms with Gasteiger partial charge in [-0.2, -0.15) is 0 Å². The number of allylic oxidation sites excluding steroid dienone is 1. The maximum atomic E-state index is 5.65. The van der Waals surface area contributed by atoms with E-state index in [2.05, 4.69) is 18.8 Å². The van der Waals surface area contributed by atoms with Crippen molar-refractivity contribution in [3.8, 4) is 0 Å². The Balaban J connectivity index is 2.54. The van der Waals surface area contributed by atoms with E-state index in [1.807, 2.05) is 6.20 Å². The van der Waals surface area contributed by atoms with Crippen LogP contribution in [0.2, 0.25) is 0 Å². The molecule has 1 aliphatic rings. The molecule has 1 heterocycles. The van der Waals surface area contributed by atoms with Gasteiger partial charge in [0.25, 0.3) is 0 Å². The summed E-state index contributed by atoms with van der Waals surface area (Å²) < 4.78 is 0. The summed E-state index contributed by atoms with van der Waals surface area (Å²) in [4.78, 5) is 3.96. The van der Waals surface area contributed by atoms with Crippen molar-refractivity contribution in [1.82, 2.24) is 0 Å². The summed E-state index contributed by atoms with van der Waals surface area (Å²) in [6.07, 6.45) is 2.73. The predicted molar refractivity (Wildman–Crippen MR) is 40.8 cm³/mol. The number of nitrogens with zero attached hydrogens (tertiary/aromatic N) is 1. The summed E-state index contributed by atoms with van der Waals surface area (Å²) in [6.45, 7) is 4.30. The molecule has 0 unspecified atom stereocenters. The zero-order valence-corrected chi connectivity index (χ0v) is 6.44. The number of aliphatic imine (C=N–C) groups is 1. The molecule has 0 spiro atoms. The first-order chi connectivity index (χ1) is 4.20. The molecule has 9 heavy (non-hydrogen) atoms. The Morgan fingerprint density at radius 1 is 1.67 bits per heavy atom. The van der Waals surface area contributed by atoms with Gasteiger partial charge in [-0.1, -0.05) is 25.4 Å². The van der Waals surface area contributed by atoms with Gasteiger partial charge in [-0.15, -0.1) is 0 Å². The van der Waals surface area contributed by atoms with Crippen molar-refractivity contribution in [2.24, 2.45) is 10.9 Å². The fourth-order valence-corrected chi connectivity index (χ4v) is 0.969. The van der Waals surface area contributed by atoms with Gasteiger partial charge < -0.3 is 0 Å². The van der Waals surface area contributed by atoms with Crippen molar-refractivity contribution in [3.05, 3.63) is 11.8 Å². The Labute approximate surface area is 60.4 Å². The van der Waals surface area contributed by atoms with Gasteiger partial charge in [0.1, 0.15) is 5.17 Å². The van der Waals surface area contributed by atoms with Crippen molar-refractivity contribution in [3.63, 3.8) is 0 Å². The highest BCUT2D eigenvalue weighted by molar-refractivity contribution is 6.66. The van der Waals surface area contributed by atoms with Gasteiger partial charge >= 0.3 is 0 Å². The monoisotopic (exact) mass is 143 g/mol. The molecular weight excluding hydrogens is 134 g/mol. The molecule has 0 amide bonds. The van der Waals surface area contributed by atoms with E-state index in [1.54, 1.807) is 0 Å². The van der Waals surface area contributed by atoms with Crippen LogP contribution in [-0.2, 0) is 0 Å². The summed E-state index contributed by atoms with van der Waals surface area (Å²) in [6, 6.07) is 0. The summed E-state index contributed by atoms with van der Waals surface area (Å²) in [5.74, 6) is 0.588. The molecule has 1 rings (SSSR count). The van der Waals surface area contributed by atoms with Crippen LogP contribution < -0.4 is 0 Å². The van der Waals surface area contributed by atoms with E-state index in [4.69, 9.17) is 11.6 Å². The zero-order valence-electron chi connectivity index (χ0n) is 5.69. The largest absolute Gasteiger partial charge is 0.249 e. The lowest BCUT2D eigenvalue weighted by atomic mass is 10.0. The summed E-state index contributed by atoms with van der Waals surface area (Å²) in [5, 5.41) is 0.721. The van der Waals surface area contributed by atoms with Crippen molar-refractivity contribution >= 4 is 16.8 Å². The fraction of sp³-hybridized carbons (Fsp3) is 0.571. The second kappa shape index (κ2) is 2.53. The number of hydrogen-bond donors (Lipinski definition) is 0. The van der Waals surface area contributed by atoms with E-state index in [1.165, 1.54) is 5.57 Å². The first-order valence-electron chi connectivity index (χ1n) is 3.11. The summed E-state index contributed by atoms with van der Waals surface area (Å²) in [7, 11) is 0. The Kier molecular flexibility index (Phi) is 1.91. The van der Waals surface area contributed by atoms with E-state index in [0.29, 0.717) is 5.92 Å². The first kappa shape index (κ1) is 6.81. The lowest BCUT2D eigenvalue weighted by molar-refractivity contribution is 0.759. The van der Waals surface area contributed by atoms with Crippen LogP contribution >= 0.6 is 11.6 Å². The minimum Gasteiger partial charge on any atom is -0.249 e. The van der Waals surface area contributed by atoms with Gasteiger partial charge in [-0.25, -0.2) is 4.99 Å². The Bertz CT molecular complexity index is 168. The molecular formula is C7H10ClN. The lowest BCUT2D eigenvalue weighted by Gasteiger charge is -2.02. The Morgan fingerprint density at radius 2 is 2.33 bits per heavy atom. The van der Waals surface area contributed by atoms with E-state index in [0.717, 1.165) is 11.6 Å². The van der Waals surface area contributed by atoms with Gasteiger partial charge in [0.2, 0.25) is 0 Å². The van der Waals surface area contributed by atoms with Crippen molar-refractivity contribution in [1.29, 1.82) is 0 Å². The molecule has 0 N–H and O–H groups in total. The normalized spacial score (nSPS) is 18.2. The minimum atomic E-state index is 0.588. The van der Waals surface area contributed by atoms with Crippen LogP contribution in [-0.4, -0.2) is 5.17 Å². The SMILES string of the molecule is CC(C)C1=CN=C(Cl)C1. The minimum absolute atomic E-state index is 0.588. The van der Waals surface area contributed by atoms with Crippen molar-refractivity contribution < 1.29 is 0 Å². The predicted octanol–water partition coefficient (Wildman–Crippen LogP) is 2.57. The van der Waals surface area contributed by atoms with Crippen LogP contribution in [0.1, 0.15) is 20.3 Å². The van der Waals surface area contributed by atoms with E-state index < -0.39 is 0 Å². The third kappa shape index (κ3) is 1.55. The molecule has 0 saturated carbocycles. The van der Waals surface area contributed by atoms with Crippen molar-refractivity contribution in [2.75, 3.05) is 0 Å². The Morgan fingerprint density at radius 3 is 2.56 bits per heavy atom. The molecule has 0 aromatic carbocycles. The molecule has 0 aromatic heterocycles. The highest BCUT2D eigenvalue weighted by atomic mass is 35.5. The number of rotatable bonds is 1.